The fourth-order valence-corrected chi connectivity index (χ4v) is 8.37. The van der Waals surface area contributed by atoms with Gasteiger partial charge in [0.05, 0.1) is 9.40 Å². The summed E-state index contributed by atoms with van der Waals surface area (Å²) in [5.74, 6) is 0. The van der Waals surface area contributed by atoms with Crippen molar-refractivity contribution in [3.8, 4) is 32.0 Å². The molecule has 0 radical (unpaired) electrons. The Kier molecular flexibility index (Phi) is 4.69. The van der Waals surface area contributed by atoms with Crippen molar-refractivity contribution in [1.82, 2.24) is 0 Å². The van der Waals surface area contributed by atoms with Gasteiger partial charge in [-0.2, -0.15) is 0 Å². The lowest BCUT2D eigenvalue weighted by Crippen LogP contribution is -1.80. The van der Waals surface area contributed by atoms with E-state index in [-0.39, 0.29) is 0 Å². The molecule has 0 unspecified atom stereocenters. The molecule has 0 bridgehead atoms. The third-order valence-corrected chi connectivity index (χ3v) is 10.1. The van der Waals surface area contributed by atoms with Gasteiger partial charge in [-0.3, -0.25) is 0 Å². The van der Waals surface area contributed by atoms with Gasteiger partial charge in [0.1, 0.15) is 0 Å². The molecule has 0 spiro atoms. The first kappa shape index (κ1) is 20.2. The van der Waals surface area contributed by atoms with Crippen molar-refractivity contribution in [2.45, 2.75) is 6.92 Å². The van der Waals surface area contributed by atoms with Crippen molar-refractivity contribution in [3.63, 3.8) is 0 Å². The average Bonchev–Trinajstić information content (AvgIpc) is 3.58. The van der Waals surface area contributed by atoms with Crippen molar-refractivity contribution >= 4 is 63.6 Å². The Labute approximate surface area is 210 Å². The van der Waals surface area contributed by atoms with Crippen LogP contribution in [0, 0.1) is 6.92 Å². The summed E-state index contributed by atoms with van der Waals surface area (Å²) in [6.07, 6.45) is 0. The van der Waals surface area contributed by atoms with Crippen molar-refractivity contribution < 1.29 is 0 Å². The summed E-state index contributed by atoms with van der Waals surface area (Å²) in [6, 6.07) is 37.9. The molecule has 3 heteroatoms. The van der Waals surface area contributed by atoms with Crippen molar-refractivity contribution in [3.05, 3.63) is 109 Å². The van der Waals surface area contributed by atoms with Gasteiger partial charge in [0.15, 0.2) is 0 Å². The molecule has 4 aromatic carbocycles. The molecular formula is C31H20S3. The summed E-state index contributed by atoms with van der Waals surface area (Å²) < 4.78 is 5.60. The Hall–Kier alpha value is -3.24. The maximum absolute atomic E-state index is 2.38. The fourth-order valence-electron chi connectivity index (χ4n) is 4.68. The monoisotopic (exact) mass is 488 g/mol. The average molecular weight is 489 g/mol. The van der Waals surface area contributed by atoms with Crippen LogP contribution in [0.1, 0.15) is 5.56 Å². The second-order valence-electron chi connectivity index (χ2n) is 8.68. The van der Waals surface area contributed by atoms with E-state index in [4.69, 9.17) is 0 Å². The third kappa shape index (κ3) is 3.32. The molecule has 0 N–H and O–H groups in total. The predicted molar refractivity (Wildman–Crippen MR) is 154 cm³/mol. The number of aryl methyl sites for hydroxylation is 1. The molecule has 0 aliphatic carbocycles. The minimum Gasteiger partial charge on any atom is -0.135 e. The van der Waals surface area contributed by atoms with Crippen LogP contribution in [-0.2, 0) is 0 Å². The molecule has 0 amide bonds. The van der Waals surface area contributed by atoms with E-state index in [0.29, 0.717) is 0 Å². The summed E-state index contributed by atoms with van der Waals surface area (Å²) in [4.78, 5) is 2.63. The third-order valence-electron chi connectivity index (χ3n) is 6.38. The number of hydrogen-bond acceptors (Lipinski definition) is 3. The van der Waals surface area contributed by atoms with E-state index in [1.807, 2.05) is 34.0 Å². The standard InChI is InChI=1S/C31H20S3/c1-19-6-4-7-20(16-19)21-8-5-9-22(17-21)26-14-15-27(32-26)23-12-13-25-29(18-23)34-30-24-10-2-3-11-28(24)33-31(25)30/h2-18H,1H3. The van der Waals surface area contributed by atoms with Gasteiger partial charge in [-0.1, -0.05) is 78.4 Å². The van der Waals surface area contributed by atoms with Crippen LogP contribution in [0.5, 0.6) is 0 Å². The molecule has 0 fully saturated rings. The predicted octanol–water partition coefficient (Wildman–Crippen LogP) is 10.6. The van der Waals surface area contributed by atoms with Gasteiger partial charge in [0.25, 0.3) is 0 Å². The zero-order valence-corrected chi connectivity index (χ0v) is 21.0. The first-order valence-electron chi connectivity index (χ1n) is 11.3. The highest BCUT2D eigenvalue weighted by Crippen LogP contribution is 2.45. The van der Waals surface area contributed by atoms with E-state index in [0.717, 1.165) is 0 Å². The van der Waals surface area contributed by atoms with Gasteiger partial charge in [0, 0.05) is 29.9 Å². The Morgan fingerprint density at radius 2 is 1.09 bits per heavy atom. The number of fused-ring (bicyclic) bond motifs is 5. The van der Waals surface area contributed by atoms with Crippen LogP contribution in [0.4, 0.5) is 0 Å². The normalized spacial score (nSPS) is 11.7. The lowest BCUT2D eigenvalue weighted by molar-refractivity contribution is 1.47. The first-order chi connectivity index (χ1) is 16.7. The van der Waals surface area contributed by atoms with E-state index < -0.39 is 0 Å². The van der Waals surface area contributed by atoms with E-state index in [9.17, 15) is 0 Å². The highest BCUT2D eigenvalue weighted by molar-refractivity contribution is 7.36. The van der Waals surface area contributed by atoms with Gasteiger partial charge < -0.3 is 0 Å². The maximum Gasteiger partial charge on any atom is 0.0542 e. The van der Waals surface area contributed by atoms with E-state index in [1.54, 1.807) is 0 Å². The van der Waals surface area contributed by atoms with Gasteiger partial charge in [-0.05, 0) is 59.5 Å². The zero-order valence-electron chi connectivity index (χ0n) is 18.5. The summed E-state index contributed by atoms with van der Waals surface area (Å²) in [6.45, 7) is 2.15. The van der Waals surface area contributed by atoms with E-state index in [1.165, 1.54) is 67.1 Å². The molecule has 3 heterocycles. The van der Waals surface area contributed by atoms with Gasteiger partial charge in [-0.25, -0.2) is 0 Å². The van der Waals surface area contributed by atoms with Crippen LogP contribution in [0.25, 0.3) is 61.6 Å². The number of thiophene rings is 3. The van der Waals surface area contributed by atoms with Gasteiger partial charge in [-0.15, -0.1) is 34.0 Å². The van der Waals surface area contributed by atoms with Crippen LogP contribution in [0.15, 0.2) is 103 Å². The van der Waals surface area contributed by atoms with E-state index >= 15 is 0 Å². The molecule has 0 aliphatic heterocycles. The largest absolute Gasteiger partial charge is 0.135 e. The Morgan fingerprint density at radius 3 is 1.91 bits per heavy atom. The van der Waals surface area contributed by atoms with Crippen LogP contribution < -0.4 is 0 Å². The van der Waals surface area contributed by atoms with Crippen molar-refractivity contribution in [2.75, 3.05) is 0 Å². The molecule has 0 nitrogen and oxygen atoms in total. The lowest BCUT2D eigenvalue weighted by atomic mass is 10.0. The van der Waals surface area contributed by atoms with Crippen LogP contribution in [0.2, 0.25) is 0 Å². The SMILES string of the molecule is Cc1cccc(-c2cccc(-c3ccc(-c4ccc5c(c4)sc4c6ccccc6sc54)s3)c2)c1. The van der Waals surface area contributed by atoms with Crippen molar-refractivity contribution in [1.29, 1.82) is 0 Å². The first-order valence-corrected chi connectivity index (χ1v) is 13.8. The molecule has 0 aliphatic rings. The second-order valence-corrected chi connectivity index (χ2v) is 11.9. The molecule has 0 saturated carbocycles. The minimum atomic E-state index is 1.27. The molecule has 34 heavy (non-hydrogen) atoms. The smallest absolute Gasteiger partial charge is 0.0542 e. The zero-order chi connectivity index (χ0) is 22.6. The second kappa shape index (κ2) is 7.92. The Balaban J connectivity index is 1.27. The maximum atomic E-state index is 2.38. The Bertz CT molecular complexity index is 1830. The van der Waals surface area contributed by atoms with Crippen LogP contribution in [-0.4, -0.2) is 0 Å². The van der Waals surface area contributed by atoms with E-state index in [2.05, 4.69) is 110 Å². The molecule has 162 valence electrons. The number of hydrogen-bond donors (Lipinski definition) is 0. The fraction of sp³-hybridized carbons (Fsp3) is 0.0323. The topological polar surface area (TPSA) is 0 Å². The van der Waals surface area contributed by atoms with Gasteiger partial charge in [0.2, 0.25) is 0 Å². The summed E-state index contributed by atoms with van der Waals surface area (Å²) in [7, 11) is 0. The van der Waals surface area contributed by atoms with Crippen molar-refractivity contribution in [2.24, 2.45) is 0 Å². The highest BCUT2D eigenvalue weighted by atomic mass is 32.1. The molecule has 0 atom stereocenters. The Morgan fingerprint density at radius 1 is 0.441 bits per heavy atom. The summed E-state index contributed by atoms with van der Waals surface area (Å²) in [5.41, 5.74) is 6.41. The highest BCUT2D eigenvalue weighted by Gasteiger charge is 2.13. The molecule has 7 aromatic rings. The quantitative estimate of drug-likeness (QED) is 0.232. The lowest BCUT2D eigenvalue weighted by Gasteiger charge is -2.05. The molecular weight excluding hydrogens is 469 g/mol. The minimum absolute atomic E-state index is 1.27. The van der Waals surface area contributed by atoms with Crippen LogP contribution in [0.3, 0.4) is 0 Å². The van der Waals surface area contributed by atoms with Gasteiger partial charge >= 0.3 is 0 Å². The molecule has 3 aromatic heterocycles. The molecule has 7 rings (SSSR count). The molecule has 0 saturated heterocycles. The summed E-state index contributed by atoms with van der Waals surface area (Å²) in [5, 5.41) is 2.77. The number of rotatable bonds is 3. The van der Waals surface area contributed by atoms with Crippen LogP contribution >= 0.6 is 34.0 Å². The summed E-state index contributed by atoms with van der Waals surface area (Å²) >= 11 is 5.71. The number of benzene rings is 4.